The Morgan fingerprint density at radius 2 is 1.92 bits per heavy atom. The Morgan fingerprint density at radius 3 is 2.65 bits per heavy atom. The van der Waals surface area contributed by atoms with Crippen molar-refractivity contribution in [2.45, 2.75) is 40.7 Å². The van der Waals surface area contributed by atoms with Crippen molar-refractivity contribution in [1.82, 2.24) is 25.1 Å². The Morgan fingerprint density at radius 1 is 1.15 bits per heavy atom. The van der Waals surface area contributed by atoms with Gasteiger partial charge in [0, 0.05) is 32.7 Å². The maximum atomic E-state index is 4.71. The largest absolute Gasteiger partial charge is 0.357 e. The van der Waals surface area contributed by atoms with E-state index in [0.717, 1.165) is 69.5 Å². The highest BCUT2D eigenvalue weighted by Gasteiger charge is 2.06. The molecule has 0 saturated heterocycles. The van der Waals surface area contributed by atoms with Gasteiger partial charge in [-0.2, -0.15) is 0 Å². The van der Waals surface area contributed by atoms with E-state index in [0.29, 0.717) is 0 Å². The molecule has 6 heteroatoms. The lowest BCUT2D eigenvalue weighted by atomic mass is 10.3. The second kappa shape index (κ2) is 10.8. The van der Waals surface area contributed by atoms with E-state index in [2.05, 4.69) is 71.0 Å². The van der Waals surface area contributed by atoms with Gasteiger partial charge in [0.1, 0.15) is 5.82 Å². The molecule has 0 amide bonds. The van der Waals surface area contributed by atoms with Crippen LogP contribution in [-0.2, 0) is 6.54 Å². The van der Waals surface area contributed by atoms with E-state index in [1.54, 1.807) is 0 Å². The number of aromatic nitrogens is 2. The van der Waals surface area contributed by atoms with Gasteiger partial charge in [-0.05, 0) is 45.5 Å². The van der Waals surface area contributed by atoms with Gasteiger partial charge in [0.05, 0.1) is 11.0 Å². The van der Waals surface area contributed by atoms with E-state index < -0.39 is 0 Å². The van der Waals surface area contributed by atoms with Crippen LogP contribution in [0.5, 0.6) is 0 Å². The summed E-state index contributed by atoms with van der Waals surface area (Å²) in [6.07, 6.45) is 0.994. The zero-order valence-corrected chi connectivity index (χ0v) is 16.8. The molecule has 0 atom stereocenters. The van der Waals surface area contributed by atoms with Crippen molar-refractivity contribution in [2.24, 2.45) is 4.99 Å². The van der Waals surface area contributed by atoms with Crippen molar-refractivity contribution >= 4 is 17.0 Å². The molecular formula is C20H34N6. The Hall–Kier alpha value is -2.08. The molecule has 0 unspecified atom stereocenters. The van der Waals surface area contributed by atoms with Crippen LogP contribution in [0, 0.1) is 6.92 Å². The maximum absolute atomic E-state index is 4.71. The molecule has 1 aromatic heterocycles. The van der Waals surface area contributed by atoms with Crippen LogP contribution in [0.15, 0.2) is 29.3 Å². The first-order valence-electron chi connectivity index (χ1n) is 9.85. The van der Waals surface area contributed by atoms with Gasteiger partial charge in [-0.15, -0.1) is 0 Å². The van der Waals surface area contributed by atoms with Crippen LogP contribution in [-0.4, -0.2) is 59.7 Å². The predicted molar refractivity (Wildman–Crippen MR) is 111 cm³/mol. The fraction of sp³-hybridized carbons (Fsp3) is 0.600. The Labute approximate surface area is 157 Å². The predicted octanol–water partition coefficient (Wildman–Crippen LogP) is 2.63. The van der Waals surface area contributed by atoms with Crippen molar-refractivity contribution < 1.29 is 0 Å². The minimum absolute atomic E-state index is 0.798. The third-order valence-corrected chi connectivity index (χ3v) is 4.61. The summed E-state index contributed by atoms with van der Waals surface area (Å²) in [7, 11) is 0. The summed E-state index contributed by atoms with van der Waals surface area (Å²) in [5.74, 6) is 1.98. The summed E-state index contributed by atoms with van der Waals surface area (Å²) in [6, 6.07) is 8.31. The highest BCUT2D eigenvalue weighted by molar-refractivity contribution is 5.79. The number of nitrogens with zero attached hydrogens (tertiary/aromatic N) is 4. The Kier molecular flexibility index (Phi) is 8.41. The van der Waals surface area contributed by atoms with Gasteiger partial charge in [-0.1, -0.05) is 26.0 Å². The molecule has 0 spiro atoms. The minimum atomic E-state index is 0.798. The van der Waals surface area contributed by atoms with E-state index in [-0.39, 0.29) is 0 Å². The van der Waals surface area contributed by atoms with Crippen LogP contribution in [0.3, 0.4) is 0 Å². The molecule has 0 radical (unpaired) electrons. The third-order valence-electron chi connectivity index (χ3n) is 4.61. The summed E-state index contributed by atoms with van der Waals surface area (Å²) >= 11 is 0. The quantitative estimate of drug-likeness (QED) is 0.389. The van der Waals surface area contributed by atoms with Gasteiger partial charge in [-0.3, -0.25) is 4.99 Å². The SMILES string of the molecule is CCNC(=NCCCn1c(C)nc2ccccc21)NCCN(CC)CC. The molecule has 2 N–H and O–H groups in total. The summed E-state index contributed by atoms with van der Waals surface area (Å²) in [6.45, 7) is 15.3. The zero-order valence-electron chi connectivity index (χ0n) is 16.8. The normalized spacial score (nSPS) is 12.1. The second-order valence-electron chi connectivity index (χ2n) is 6.37. The highest BCUT2D eigenvalue weighted by atomic mass is 15.2. The van der Waals surface area contributed by atoms with Crippen LogP contribution in [0.1, 0.15) is 33.0 Å². The lowest BCUT2D eigenvalue weighted by Gasteiger charge is -2.19. The van der Waals surface area contributed by atoms with Crippen LogP contribution < -0.4 is 10.6 Å². The second-order valence-corrected chi connectivity index (χ2v) is 6.37. The first-order chi connectivity index (χ1) is 12.7. The number of aryl methyl sites for hydroxylation is 2. The van der Waals surface area contributed by atoms with Crippen LogP contribution >= 0.6 is 0 Å². The summed E-state index contributed by atoms with van der Waals surface area (Å²) in [4.78, 5) is 11.7. The first kappa shape index (κ1) is 20.2. The topological polar surface area (TPSA) is 57.5 Å². The van der Waals surface area contributed by atoms with Crippen molar-refractivity contribution in [2.75, 3.05) is 39.3 Å². The molecule has 0 aliphatic rings. The number of hydrogen-bond donors (Lipinski definition) is 2. The van der Waals surface area contributed by atoms with Crippen molar-refractivity contribution in [3.63, 3.8) is 0 Å². The number of para-hydroxylation sites is 2. The molecule has 2 aromatic rings. The average Bonchev–Trinajstić information content (AvgIpc) is 2.97. The number of likely N-dealkylation sites (N-methyl/N-ethyl adjacent to an activating group) is 1. The van der Waals surface area contributed by atoms with Gasteiger partial charge in [0.25, 0.3) is 0 Å². The fourth-order valence-corrected chi connectivity index (χ4v) is 3.11. The van der Waals surface area contributed by atoms with Crippen LogP contribution in [0.25, 0.3) is 11.0 Å². The number of guanidine groups is 1. The van der Waals surface area contributed by atoms with E-state index in [4.69, 9.17) is 4.99 Å². The number of fused-ring (bicyclic) bond motifs is 1. The number of benzene rings is 1. The molecule has 0 fully saturated rings. The Balaban J connectivity index is 1.84. The molecule has 2 rings (SSSR count). The van der Waals surface area contributed by atoms with E-state index in [1.807, 2.05) is 6.07 Å². The van der Waals surface area contributed by atoms with Crippen molar-refractivity contribution in [3.05, 3.63) is 30.1 Å². The molecular weight excluding hydrogens is 324 g/mol. The standard InChI is InChI=1S/C20H34N6/c1-5-21-20(23-14-16-25(6-2)7-3)22-13-10-15-26-17(4)24-18-11-8-9-12-19(18)26/h8-9,11-12H,5-7,10,13-16H2,1-4H3,(H2,21,22,23). The molecule has 1 heterocycles. The maximum Gasteiger partial charge on any atom is 0.191 e. The molecule has 1 aromatic carbocycles. The number of rotatable bonds is 10. The monoisotopic (exact) mass is 358 g/mol. The van der Waals surface area contributed by atoms with Crippen LogP contribution in [0.4, 0.5) is 0 Å². The summed E-state index contributed by atoms with van der Waals surface area (Å²) in [5, 5.41) is 6.76. The molecule has 0 bridgehead atoms. The molecule has 26 heavy (non-hydrogen) atoms. The van der Waals surface area contributed by atoms with Gasteiger partial charge >= 0.3 is 0 Å². The lowest BCUT2D eigenvalue weighted by molar-refractivity contribution is 0.308. The van der Waals surface area contributed by atoms with Gasteiger partial charge < -0.3 is 20.1 Å². The highest BCUT2D eigenvalue weighted by Crippen LogP contribution is 2.15. The summed E-state index contributed by atoms with van der Waals surface area (Å²) < 4.78 is 2.28. The molecule has 6 nitrogen and oxygen atoms in total. The first-order valence-corrected chi connectivity index (χ1v) is 9.85. The van der Waals surface area contributed by atoms with Gasteiger partial charge in [-0.25, -0.2) is 4.98 Å². The molecule has 144 valence electrons. The third kappa shape index (κ3) is 5.73. The molecule has 0 aliphatic carbocycles. The van der Waals surface area contributed by atoms with Gasteiger partial charge in [0.15, 0.2) is 5.96 Å². The zero-order chi connectivity index (χ0) is 18.8. The smallest absolute Gasteiger partial charge is 0.191 e. The fourth-order valence-electron chi connectivity index (χ4n) is 3.11. The van der Waals surface area contributed by atoms with E-state index in [1.165, 1.54) is 5.52 Å². The minimum Gasteiger partial charge on any atom is -0.357 e. The number of hydrogen-bond acceptors (Lipinski definition) is 3. The van der Waals surface area contributed by atoms with E-state index >= 15 is 0 Å². The average molecular weight is 359 g/mol. The Bertz CT molecular complexity index is 687. The van der Waals surface area contributed by atoms with Crippen LogP contribution in [0.2, 0.25) is 0 Å². The lowest BCUT2D eigenvalue weighted by Crippen LogP contribution is -2.41. The number of nitrogens with one attached hydrogen (secondary N) is 2. The van der Waals surface area contributed by atoms with Crippen molar-refractivity contribution in [1.29, 1.82) is 0 Å². The van der Waals surface area contributed by atoms with Crippen molar-refractivity contribution in [3.8, 4) is 0 Å². The molecule has 0 saturated carbocycles. The number of aliphatic imine (C=N–C) groups is 1. The van der Waals surface area contributed by atoms with Gasteiger partial charge in [0.2, 0.25) is 0 Å². The number of imidazole rings is 1. The van der Waals surface area contributed by atoms with E-state index in [9.17, 15) is 0 Å². The summed E-state index contributed by atoms with van der Waals surface area (Å²) in [5.41, 5.74) is 2.28. The molecule has 0 aliphatic heterocycles.